The maximum atomic E-state index is 12.4. The van der Waals surface area contributed by atoms with Gasteiger partial charge in [-0.25, -0.2) is 9.78 Å². The number of aromatic nitrogens is 2. The number of urea groups is 1. The van der Waals surface area contributed by atoms with E-state index in [-0.39, 0.29) is 12.1 Å². The second-order valence-electron chi connectivity index (χ2n) is 5.36. The molecule has 1 fully saturated rings. The highest BCUT2D eigenvalue weighted by atomic mass is 32.1. The second kappa shape index (κ2) is 6.93. The maximum absolute atomic E-state index is 12.4. The molecule has 3 heterocycles. The monoisotopic (exact) mass is 319 g/mol. The second-order valence-corrected chi connectivity index (χ2v) is 6.14. The number of nitrogens with one attached hydrogen (secondary N) is 2. The van der Waals surface area contributed by atoms with Crippen LogP contribution in [0.1, 0.15) is 24.4 Å². The molecule has 0 aromatic carbocycles. The zero-order valence-electron chi connectivity index (χ0n) is 12.7. The summed E-state index contributed by atoms with van der Waals surface area (Å²) in [6.45, 7) is 5.96. The lowest BCUT2D eigenvalue weighted by molar-refractivity contribution is 0.0896. The lowest BCUT2D eigenvalue weighted by Crippen LogP contribution is -2.53. The number of H-pyrrole nitrogens is 1. The first-order valence-corrected chi connectivity index (χ1v) is 8.49. The quantitative estimate of drug-likeness (QED) is 0.906. The Hall–Kier alpha value is -1.86. The van der Waals surface area contributed by atoms with Crippen LogP contribution in [0.4, 0.5) is 4.79 Å². The first kappa shape index (κ1) is 15.1. The summed E-state index contributed by atoms with van der Waals surface area (Å²) in [7, 11) is 0. The summed E-state index contributed by atoms with van der Waals surface area (Å²) in [4.78, 5) is 24.1. The van der Waals surface area contributed by atoms with E-state index in [2.05, 4.69) is 32.5 Å². The largest absolute Gasteiger partial charge is 0.347 e. The van der Waals surface area contributed by atoms with Crippen LogP contribution in [0.25, 0.3) is 0 Å². The van der Waals surface area contributed by atoms with Crippen molar-refractivity contribution in [2.45, 2.75) is 19.5 Å². The van der Waals surface area contributed by atoms with E-state index < -0.39 is 0 Å². The number of hydrogen-bond acceptors (Lipinski definition) is 4. The molecule has 0 aliphatic carbocycles. The van der Waals surface area contributed by atoms with Crippen molar-refractivity contribution in [3.05, 3.63) is 40.6 Å². The van der Waals surface area contributed by atoms with Crippen LogP contribution in [-0.4, -0.2) is 52.0 Å². The zero-order valence-corrected chi connectivity index (χ0v) is 13.5. The molecule has 0 saturated carbocycles. The van der Waals surface area contributed by atoms with Crippen LogP contribution < -0.4 is 5.32 Å². The Balaban J connectivity index is 1.61. The van der Waals surface area contributed by atoms with Crippen LogP contribution in [0.2, 0.25) is 0 Å². The molecule has 1 atom stereocenters. The Morgan fingerprint density at radius 1 is 1.55 bits per heavy atom. The predicted molar refractivity (Wildman–Crippen MR) is 86.7 cm³/mol. The molecule has 1 aliphatic rings. The van der Waals surface area contributed by atoms with Crippen LogP contribution in [-0.2, 0) is 6.54 Å². The van der Waals surface area contributed by atoms with Crippen molar-refractivity contribution in [2.24, 2.45) is 0 Å². The van der Waals surface area contributed by atoms with Gasteiger partial charge in [0.2, 0.25) is 0 Å². The SMILES string of the molecule is CCN1CCN(C(=O)NCc2ccsc2)CC1c1ncc[nH]1. The number of nitrogens with zero attached hydrogens (tertiary/aromatic N) is 3. The number of carbonyl (C=O) groups is 1. The molecule has 1 unspecified atom stereocenters. The van der Waals surface area contributed by atoms with Gasteiger partial charge >= 0.3 is 6.03 Å². The first-order valence-electron chi connectivity index (χ1n) is 7.55. The van der Waals surface area contributed by atoms with Crippen molar-refractivity contribution in [3.63, 3.8) is 0 Å². The number of aromatic amines is 1. The molecule has 0 bridgehead atoms. The summed E-state index contributed by atoms with van der Waals surface area (Å²) in [5, 5.41) is 7.08. The van der Waals surface area contributed by atoms with E-state index in [1.165, 1.54) is 0 Å². The fraction of sp³-hybridized carbons (Fsp3) is 0.467. The van der Waals surface area contributed by atoms with E-state index in [0.29, 0.717) is 13.1 Å². The minimum atomic E-state index is -0.00138. The number of amides is 2. The van der Waals surface area contributed by atoms with Gasteiger partial charge in [-0.1, -0.05) is 6.92 Å². The number of carbonyl (C=O) groups excluding carboxylic acids is 1. The van der Waals surface area contributed by atoms with Gasteiger partial charge in [0.1, 0.15) is 5.82 Å². The molecule has 2 N–H and O–H groups in total. The molecule has 2 amide bonds. The van der Waals surface area contributed by atoms with Crippen molar-refractivity contribution >= 4 is 17.4 Å². The number of thiophene rings is 1. The summed E-state index contributed by atoms with van der Waals surface area (Å²) < 4.78 is 0. The molecule has 0 spiro atoms. The molecular weight excluding hydrogens is 298 g/mol. The van der Waals surface area contributed by atoms with E-state index >= 15 is 0 Å². The van der Waals surface area contributed by atoms with Crippen LogP contribution in [0.5, 0.6) is 0 Å². The van der Waals surface area contributed by atoms with Gasteiger partial charge in [0.25, 0.3) is 0 Å². The lowest BCUT2D eigenvalue weighted by Gasteiger charge is -2.39. The maximum Gasteiger partial charge on any atom is 0.317 e. The van der Waals surface area contributed by atoms with E-state index in [4.69, 9.17) is 0 Å². The topological polar surface area (TPSA) is 64.3 Å². The summed E-state index contributed by atoms with van der Waals surface area (Å²) in [6, 6.07) is 2.17. The molecule has 1 aliphatic heterocycles. The van der Waals surface area contributed by atoms with Gasteiger partial charge in [-0.2, -0.15) is 11.3 Å². The summed E-state index contributed by atoms with van der Waals surface area (Å²) in [6.07, 6.45) is 3.59. The van der Waals surface area contributed by atoms with E-state index in [1.807, 2.05) is 22.5 Å². The molecule has 0 radical (unpaired) electrons. The molecule has 2 aromatic heterocycles. The highest BCUT2D eigenvalue weighted by molar-refractivity contribution is 7.07. The molecule has 22 heavy (non-hydrogen) atoms. The molecular formula is C15H21N5OS. The summed E-state index contributed by atoms with van der Waals surface area (Å²) >= 11 is 1.64. The number of imidazole rings is 1. The van der Waals surface area contributed by atoms with E-state index in [0.717, 1.165) is 31.0 Å². The van der Waals surface area contributed by atoms with Crippen LogP contribution in [0.15, 0.2) is 29.2 Å². The fourth-order valence-corrected chi connectivity index (χ4v) is 3.45. The highest BCUT2D eigenvalue weighted by Gasteiger charge is 2.31. The Kier molecular flexibility index (Phi) is 4.74. The molecule has 3 rings (SSSR count). The van der Waals surface area contributed by atoms with E-state index in [1.54, 1.807) is 17.5 Å². The van der Waals surface area contributed by atoms with Crippen molar-refractivity contribution in [2.75, 3.05) is 26.2 Å². The molecule has 6 nitrogen and oxygen atoms in total. The van der Waals surface area contributed by atoms with Gasteiger partial charge < -0.3 is 15.2 Å². The third-order valence-electron chi connectivity index (χ3n) is 4.04. The van der Waals surface area contributed by atoms with Crippen LogP contribution in [0, 0.1) is 0 Å². The Labute approximate surface area is 134 Å². The van der Waals surface area contributed by atoms with Crippen molar-refractivity contribution in [3.8, 4) is 0 Å². The average Bonchev–Trinajstić information content (AvgIpc) is 3.25. The van der Waals surface area contributed by atoms with Gasteiger partial charge in [0, 0.05) is 38.6 Å². The number of piperazine rings is 1. The molecule has 118 valence electrons. The smallest absolute Gasteiger partial charge is 0.317 e. The number of rotatable bonds is 4. The first-order chi connectivity index (χ1) is 10.8. The van der Waals surface area contributed by atoms with Crippen molar-refractivity contribution in [1.29, 1.82) is 0 Å². The molecule has 1 saturated heterocycles. The fourth-order valence-electron chi connectivity index (χ4n) is 2.79. The van der Waals surface area contributed by atoms with Gasteiger partial charge in [0.15, 0.2) is 0 Å². The van der Waals surface area contributed by atoms with Gasteiger partial charge in [-0.05, 0) is 28.9 Å². The van der Waals surface area contributed by atoms with Crippen LogP contribution in [0.3, 0.4) is 0 Å². The number of hydrogen-bond donors (Lipinski definition) is 2. The lowest BCUT2D eigenvalue weighted by atomic mass is 10.1. The Bertz CT molecular complexity index is 583. The Morgan fingerprint density at radius 2 is 2.45 bits per heavy atom. The highest BCUT2D eigenvalue weighted by Crippen LogP contribution is 2.22. The normalized spacial score (nSPS) is 19.3. The third-order valence-corrected chi connectivity index (χ3v) is 4.78. The zero-order chi connectivity index (χ0) is 15.4. The predicted octanol–water partition coefficient (Wildman–Crippen LogP) is 2.06. The van der Waals surface area contributed by atoms with Gasteiger partial charge in [-0.15, -0.1) is 0 Å². The van der Waals surface area contributed by atoms with Gasteiger partial charge in [-0.3, -0.25) is 4.90 Å². The summed E-state index contributed by atoms with van der Waals surface area (Å²) in [5.74, 6) is 0.928. The Morgan fingerprint density at radius 3 is 3.14 bits per heavy atom. The van der Waals surface area contributed by atoms with Gasteiger partial charge in [0.05, 0.1) is 6.04 Å². The van der Waals surface area contributed by atoms with Crippen molar-refractivity contribution in [1.82, 2.24) is 25.1 Å². The minimum Gasteiger partial charge on any atom is -0.347 e. The average molecular weight is 319 g/mol. The van der Waals surface area contributed by atoms with Crippen molar-refractivity contribution < 1.29 is 4.79 Å². The summed E-state index contributed by atoms with van der Waals surface area (Å²) in [5.41, 5.74) is 1.15. The standard InChI is InChI=1S/C15H21N5OS/c1-2-19-6-7-20(10-13(19)14-16-4-5-17-14)15(21)18-9-12-3-8-22-11-12/h3-5,8,11,13H,2,6-7,9-10H2,1H3,(H,16,17)(H,18,21). The minimum absolute atomic E-state index is 0.00138. The number of likely N-dealkylation sites (N-methyl/N-ethyl adjacent to an activating group) is 1. The van der Waals surface area contributed by atoms with E-state index in [9.17, 15) is 4.79 Å². The molecule has 2 aromatic rings. The molecule has 7 heteroatoms. The third kappa shape index (κ3) is 3.31. The van der Waals surface area contributed by atoms with Crippen LogP contribution >= 0.6 is 11.3 Å².